The maximum Gasteiger partial charge on any atom is 0.127 e. The van der Waals surface area contributed by atoms with Crippen molar-refractivity contribution in [2.75, 3.05) is 0 Å². The summed E-state index contributed by atoms with van der Waals surface area (Å²) in [4.78, 5) is 0. The molecule has 0 aliphatic rings. The Morgan fingerprint density at radius 2 is 2.00 bits per heavy atom. The summed E-state index contributed by atoms with van der Waals surface area (Å²) >= 11 is 11.3. The molecule has 3 rings (SSSR count). The molecule has 1 nitrogen and oxygen atoms in total. The molecule has 21 heavy (non-hydrogen) atoms. The van der Waals surface area contributed by atoms with Crippen molar-refractivity contribution in [3.8, 4) is 0 Å². The first-order chi connectivity index (χ1) is 10.1. The normalized spacial score (nSPS) is 12.8. The molecule has 0 aliphatic heterocycles. The molecule has 0 saturated heterocycles. The fourth-order valence-corrected chi connectivity index (χ4v) is 4.31. The zero-order valence-corrected chi connectivity index (χ0v) is 14.1. The fourth-order valence-electron chi connectivity index (χ4n) is 2.39. The number of rotatable bonds is 3. The lowest BCUT2D eigenvalue weighted by Gasteiger charge is -2.13. The zero-order valence-electron chi connectivity index (χ0n) is 10.9. The SMILES string of the molecule is NC(Cc1c(F)cccc1Cl)c1csc2c(Br)cccc12. The van der Waals surface area contributed by atoms with Crippen LogP contribution in [0.4, 0.5) is 4.39 Å². The van der Waals surface area contributed by atoms with Crippen LogP contribution in [-0.2, 0) is 6.42 Å². The van der Waals surface area contributed by atoms with Gasteiger partial charge in [0.05, 0.1) is 0 Å². The molecule has 1 atom stereocenters. The van der Waals surface area contributed by atoms with Gasteiger partial charge in [-0.3, -0.25) is 0 Å². The Hall–Kier alpha value is -0.940. The van der Waals surface area contributed by atoms with Crippen molar-refractivity contribution in [1.82, 2.24) is 0 Å². The van der Waals surface area contributed by atoms with Crippen molar-refractivity contribution >= 4 is 49.0 Å². The van der Waals surface area contributed by atoms with Crippen molar-refractivity contribution in [3.05, 3.63) is 68.2 Å². The average Bonchev–Trinajstić information content (AvgIpc) is 2.88. The molecule has 1 aromatic heterocycles. The van der Waals surface area contributed by atoms with Gasteiger partial charge < -0.3 is 5.73 Å². The molecule has 1 unspecified atom stereocenters. The molecular formula is C16H12BrClFNS. The average molecular weight is 385 g/mol. The van der Waals surface area contributed by atoms with E-state index in [1.165, 1.54) is 6.07 Å². The summed E-state index contributed by atoms with van der Waals surface area (Å²) in [6.07, 6.45) is 0.379. The summed E-state index contributed by atoms with van der Waals surface area (Å²) < 4.78 is 16.1. The van der Waals surface area contributed by atoms with E-state index < -0.39 is 0 Å². The van der Waals surface area contributed by atoms with Crippen LogP contribution >= 0.6 is 38.9 Å². The monoisotopic (exact) mass is 383 g/mol. The highest BCUT2D eigenvalue weighted by Gasteiger charge is 2.17. The minimum atomic E-state index is -0.307. The minimum absolute atomic E-state index is 0.289. The lowest BCUT2D eigenvalue weighted by molar-refractivity contribution is 0.594. The number of hydrogen-bond acceptors (Lipinski definition) is 2. The zero-order chi connectivity index (χ0) is 15.0. The van der Waals surface area contributed by atoms with Gasteiger partial charge in [-0.05, 0) is 56.9 Å². The molecule has 108 valence electrons. The van der Waals surface area contributed by atoms with Crippen LogP contribution in [0.25, 0.3) is 10.1 Å². The van der Waals surface area contributed by atoms with E-state index in [4.69, 9.17) is 17.3 Å². The van der Waals surface area contributed by atoms with E-state index in [2.05, 4.69) is 15.9 Å². The van der Waals surface area contributed by atoms with Gasteiger partial charge in [-0.2, -0.15) is 0 Å². The van der Waals surface area contributed by atoms with Crippen LogP contribution in [0.1, 0.15) is 17.2 Å². The van der Waals surface area contributed by atoms with Gasteiger partial charge in [-0.1, -0.05) is 29.8 Å². The van der Waals surface area contributed by atoms with Gasteiger partial charge in [0.2, 0.25) is 0 Å². The van der Waals surface area contributed by atoms with Crippen LogP contribution < -0.4 is 5.73 Å². The molecule has 0 radical (unpaired) electrons. The van der Waals surface area contributed by atoms with Gasteiger partial charge in [0.15, 0.2) is 0 Å². The highest BCUT2D eigenvalue weighted by Crippen LogP contribution is 2.36. The molecule has 0 fully saturated rings. The smallest absolute Gasteiger partial charge is 0.127 e. The molecule has 0 bridgehead atoms. The highest BCUT2D eigenvalue weighted by molar-refractivity contribution is 9.10. The van der Waals surface area contributed by atoms with E-state index in [9.17, 15) is 4.39 Å². The summed E-state index contributed by atoms with van der Waals surface area (Å²) in [7, 11) is 0. The summed E-state index contributed by atoms with van der Waals surface area (Å²) in [6.45, 7) is 0. The Balaban J connectivity index is 1.98. The Kier molecular flexibility index (Phi) is 4.31. The van der Waals surface area contributed by atoms with Crippen molar-refractivity contribution in [3.63, 3.8) is 0 Å². The number of nitrogens with two attached hydrogens (primary N) is 1. The Morgan fingerprint density at radius 1 is 1.24 bits per heavy atom. The lowest BCUT2D eigenvalue weighted by Crippen LogP contribution is -2.14. The van der Waals surface area contributed by atoms with Crippen LogP contribution in [-0.4, -0.2) is 0 Å². The van der Waals surface area contributed by atoms with Crippen LogP contribution in [0.15, 0.2) is 46.3 Å². The Labute approximate surface area is 139 Å². The second kappa shape index (κ2) is 6.05. The third kappa shape index (κ3) is 2.86. The van der Waals surface area contributed by atoms with Crippen molar-refractivity contribution in [1.29, 1.82) is 0 Å². The molecule has 0 aliphatic carbocycles. The van der Waals surface area contributed by atoms with Gasteiger partial charge in [0.1, 0.15) is 5.82 Å². The molecule has 1 heterocycles. The van der Waals surface area contributed by atoms with E-state index in [0.717, 1.165) is 20.1 Å². The second-order valence-electron chi connectivity index (χ2n) is 4.82. The van der Waals surface area contributed by atoms with Crippen molar-refractivity contribution in [2.45, 2.75) is 12.5 Å². The predicted octanol–water partition coefficient (Wildman–Crippen LogP) is 5.70. The van der Waals surface area contributed by atoms with E-state index in [0.29, 0.717) is 17.0 Å². The van der Waals surface area contributed by atoms with Crippen LogP contribution in [0.2, 0.25) is 5.02 Å². The van der Waals surface area contributed by atoms with Gasteiger partial charge >= 0.3 is 0 Å². The summed E-state index contributed by atoms with van der Waals surface area (Å²) in [5, 5.41) is 3.56. The molecule has 0 spiro atoms. The van der Waals surface area contributed by atoms with Crippen LogP contribution in [0, 0.1) is 5.82 Å². The van der Waals surface area contributed by atoms with Gasteiger partial charge in [0, 0.05) is 25.8 Å². The van der Waals surface area contributed by atoms with Gasteiger partial charge in [0.25, 0.3) is 0 Å². The van der Waals surface area contributed by atoms with Crippen LogP contribution in [0.5, 0.6) is 0 Å². The highest BCUT2D eigenvalue weighted by atomic mass is 79.9. The van der Waals surface area contributed by atoms with E-state index >= 15 is 0 Å². The minimum Gasteiger partial charge on any atom is -0.324 e. The van der Waals surface area contributed by atoms with Crippen molar-refractivity contribution in [2.24, 2.45) is 5.73 Å². The standard InChI is InChI=1S/C16H12BrClFNS/c17-12-4-1-3-9-11(8-21-16(9)12)15(20)7-10-13(18)5-2-6-14(10)19/h1-6,8,15H,7,20H2. The van der Waals surface area contributed by atoms with E-state index in [1.54, 1.807) is 23.5 Å². The molecule has 0 saturated carbocycles. The first kappa shape index (κ1) is 15.0. The van der Waals surface area contributed by atoms with Crippen LogP contribution in [0.3, 0.4) is 0 Å². The molecular weight excluding hydrogens is 373 g/mol. The largest absolute Gasteiger partial charge is 0.324 e. The molecule has 5 heteroatoms. The number of fused-ring (bicyclic) bond motifs is 1. The molecule has 2 aromatic carbocycles. The number of halogens is 3. The summed E-state index contributed by atoms with van der Waals surface area (Å²) in [5.41, 5.74) is 7.79. The fraction of sp³-hybridized carbons (Fsp3) is 0.125. The summed E-state index contributed by atoms with van der Waals surface area (Å²) in [6, 6.07) is 10.4. The molecule has 0 amide bonds. The Morgan fingerprint density at radius 3 is 2.76 bits per heavy atom. The van der Waals surface area contributed by atoms with E-state index in [1.807, 2.05) is 23.6 Å². The third-order valence-corrected chi connectivity index (χ3v) is 5.79. The van der Waals surface area contributed by atoms with Gasteiger partial charge in [-0.25, -0.2) is 4.39 Å². The molecule has 3 aromatic rings. The maximum absolute atomic E-state index is 13.9. The second-order valence-corrected chi connectivity index (χ2v) is 6.96. The predicted molar refractivity (Wildman–Crippen MR) is 91.6 cm³/mol. The maximum atomic E-state index is 13.9. The number of benzene rings is 2. The van der Waals surface area contributed by atoms with Gasteiger partial charge in [-0.15, -0.1) is 11.3 Å². The Bertz CT molecular complexity index is 782. The molecule has 2 N–H and O–H groups in total. The topological polar surface area (TPSA) is 26.0 Å². The first-order valence-electron chi connectivity index (χ1n) is 6.42. The number of thiophene rings is 1. The lowest BCUT2D eigenvalue weighted by atomic mass is 9.99. The third-order valence-electron chi connectivity index (χ3n) is 3.47. The summed E-state index contributed by atoms with van der Waals surface area (Å²) in [5.74, 6) is -0.307. The first-order valence-corrected chi connectivity index (χ1v) is 8.47. The van der Waals surface area contributed by atoms with E-state index in [-0.39, 0.29) is 11.9 Å². The quantitative estimate of drug-likeness (QED) is 0.616. The number of hydrogen-bond donors (Lipinski definition) is 1. The van der Waals surface area contributed by atoms with Crippen molar-refractivity contribution < 1.29 is 4.39 Å².